The number of allylic oxidation sites excluding steroid dienone is 1. The van der Waals surface area contributed by atoms with Crippen molar-refractivity contribution in [1.82, 2.24) is 0 Å². The summed E-state index contributed by atoms with van der Waals surface area (Å²) in [5, 5.41) is 0. The van der Waals surface area contributed by atoms with E-state index in [-0.39, 0.29) is 0 Å². The topological polar surface area (TPSA) is 9.23 Å². The molecule has 1 nitrogen and oxygen atoms in total. The van der Waals surface area contributed by atoms with Crippen molar-refractivity contribution in [2.45, 2.75) is 39.0 Å². The number of benzene rings is 2. The maximum Gasteiger partial charge on any atom is 0.118 e. The molecule has 3 rings (SSSR count). The van der Waals surface area contributed by atoms with E-state index in [0.29, 0.717) is 0 Å². The first-order valence-electron chi connectivity index (χ1n) is 8.76. The van der Waals surface area contributed by atoms with Gasteiger partial charge in [-0.2, -0.15) is 0 Å². The molecule has 0 amide bonds. The maximum absolute atomic E-state index is 5.33. The molecule has 23 heavy (non-hydrogen) atoms. The van der Waals surface area contributed by atoms with Crippen LogP contribution >= 0.6 is 0 Å². The predicted octanol–water partition coefficient (Wildman–Crippen LogP) is 6.10. The molecule has 1 heteroatoms. The molecule has 0 saturated heterocycles. The Labute approximate surface area is 140 Å². The Balaban J connectivity index is 2.12. The average Bonchev–Trinajstić information content (AvgIpc) is 3.15. The van der Waals surface area contributed by atoms with Gasteiger partial charge in [-0.25, -0.2) is 0 Å². The quantitative estimate of drug-likeness (QED) is 0.648. The number of hydrogen-bond acceptors (Lipinski definition) is 1. The molecule has 1 fully saturated rings. The minimum absolute atomic E-state index is 0.748. The summed E-state index contributed by atoms with van der Waals surface area (Å²) in [5.41, 5.74) is 5.70. The first-order chi connectivity index (χ1) is 11.3. The van der Waals surface area contributed by atoms with Gasteiger partial charge in [-0.3, -0.25) is 0 Å². The molecule has 2 aromatic rings. The lowest BCUT2D eigenvalue weighted by atomic mass is 9.84. The molecule has 0 bridgehead atoms. The Morgan fingerprint density at radius 1 is 0.913 bits per heavy atom. The molecule has 2 aromatic carbocycles. The highest BCUT2D eigenvalue weighted by Gasteiger charge is 2.22. The van der Waals surface area contributed by atoms with Crippen LogP contribution in [0.3, 0.4) is 0 Å². The SMILES string of the molecule is CCC(=C(c1ccccc1)c1ccc(OC)cc1)C1CCCC1. The Kier molecular flexibility index (Phi) is 5.17. The second kappa shape index (κ2) is 7.50. The molecule has 120 valence electrons. The van der Waals surface area contributed by atoms with Crippen molar-refractivity contribution in [3.63, 3.8) is 0 Å². The summed E-state index contributed by atoms with van der Waals surface area (Å²) >= 11 is 0. The van der Waals surface area contributed by atoms with Crippen molar-refractivity contribution in [3.05, 3.63) is 71.3 Å². The van der Waals surface area contributed by atoms with E-state index in [9.17, 15) is 0 Å². The Bertz CT molecular complexity index is 646. The van der Waals surface area contributed by atoms with Crippen molar-refractivity contribution in [3.8, 4) is 5.75 Å². The molecular weight excluding hydrogens is 280 g/mol. The number of methoxy groups -OCH3 is 1. The van der Waals surface area contributed by atoms with E-state index >= 15 is 0 Å². The minimum atomic E-state index is 0.748. The van der Waals surface area contributed by atoms with E-state index in [1.165, 1.54) is 42.4 Å². The van der Waals surface area contributed by atoms with E-state index in [1.54, 1.807) is 12.7 Å². The van der Waals surface area contributed by atoms with Crippen LogP contribution in [0.25, 0.3) is 5.57 Å². The van der Waals surface area contributed by atoms with Crippen LogP contribution in [0.15, 0.2) is 60.2 Å². The lowest BCUT2D eigenvalue weighted by Crippen LogP contribution is -2.03. The molecule has 0 spiro atoms. The van der Waals surface area contributed by atoms with E-state index in [4.69, 9.17) is 4.74 Å². The fraction of sp³-hybridized carbons (Fsp3) is 0.364. The van der Waals surface area contributed by atoms with Crippen molar-refractivity contribution < 1.29 is 4.74 Å². The minimum Gasteiger partial charge on any atom is -0.497 e. The first-order valence-corrected chi connectivity index (χ1v) is 8.76. The fourth-order valence-corrected chi connectivity index (χ4v) is 3.84. The molecule has 0 radical (unpaired) electrons. The van der Waals surface area contributed by atoms with Crippen molar-refractivity contribution >= 4 is 5.57 Å². The number of rotatable bonds is 5. The van der Waals surface area contributed by atoms with Gasteiger partial charge >= 0.3 is 0 Å². The lowest BCUT2D eigenvalue weighted by molar-refractivity contribution is 0.415. The van der Waals surface area contributed by atoms with Crippen LogP contribution in [-0.2, 0) is 0 Å². The molecule has 0 atom stereocenters. The Morgan fingerprint density at radius 2 is 1.52 bits per heavy atom. The van der Waals surface area contributed by atoms with Crippen LogP contribution < -0.4 is 4.74 Å². The van der Waals surface area contributed by atoms with Gasteiger partial charge in [-0.1, -0.05) is 67.8 Å². The van der Waals surface area contributed by atoms with Gasteiger partial charge in [-0.05, 0) is 54.0 Å². The highest BCUT2D eigenvalue weighted by Crippen LogP contribution is 2.39. The van der Waals surface area contributed by atoms with Crippen LogP contribution in [-0.4, -0.2) is 7.11 Å². The van der Waals surface area contributed by atoms with Crippen LogP contribution in [0.1, 0.15) is 50.2 Å². The third kappa shape index (κ3) is 3.50. The van der Waals surface area contributed by atoms with E-state index in [0.717, 1.165) is 18.1 Å². The molecule has 0 N–H and O–H groups in total. The zero-order valence-electron chi connectivity index (χ0n) is 14.2. The third-order valence-electron chi connectivity index (χ3n) is 4.99. The van der Waals surface area contributed by atoms with Gasteiger partial charge < -0.3 is 4.74 Å². The molecule has 0 aliphatic heterocycles. The Hall–Kier alpha value is -2.02. The fourth-order valence-electron chi connectivity index (χ4n) is 3.84. The number of hydrogen-bond donors (Lipinski definition) is 0. The summed E-state index contributed by atoms with van der Waals surface area (Å²) in [4.78, 5) is 0. The summed E-state index contributed by atoms with van der Waals surface area (Å²) in [7, 11) is 1.72. The number of ether oxygens (including phenoxy) is 1. The first kappa shape index (κ1) is 15.9. The van der Waals surface area contributed by atoms with E-state index < -0.39 is 0 Å². The van der Waals surface area contributed by atoms with Gasteiger partial charge in [0.25, 0.3) is 0 Å². The van der Waals surface area contributed by atoms with Crippen molar-refractivity contribution in [1.29, 1.82) is 0 Å². The molecule has 1 saturated carbocycles. The molecule has 0 heterocycles. The standard InChI is InChI=1S/C22H26O/c1-3-21(17-9-7-8-10-17)22(18-11-5-4-6-12-18)19-13-15-20(23-2)16-14-19/h4-6,11-17H,3,7-10H2,1-2H3. The molecular formula is C22H26O. The van der Waals surface area contributed by atoms with Crippen molar-refractivity contribution in [2.75, 3.05) is 7.11 Å². The monoisotopic (exact) mass is 306 g/mol. The smallest absolute Gasteiger partial charge is 0.118 e. The molecule has 1 aliphatic rings. The summed E-state index contributed by atoms with van der Waals surface area (Å²) in [6, 6.07) is 19.4. The molecule has 1 aliphatic carbocycles. The lowest BCUT2D eigenvalue weighted by Gasteiger charge is -2.21. The second-order valence-electron chi connectivity index (χ2n) is 6.33. The summed E-state index contributed by atoms with van der Waals surface area (Å²) in [5.74, 6) is 1.66. The molecule has 0 unspecified atom stereocenters. The summed E-state index contributed by atoms with van der Waals surface area (Å²) in [6.07, 6.45) is 6.56. The highest BCUT2D eigenvalue weighted by molar-refractivity contribution is 5.82. The zero-order chi connectivity index (χ0) is 16.1. The van der Waals surface area contributed by atoms with Gasteiger partial charge in [0.1, 0.15) is 5.75 Å². The van der Waals surface area contributed by atoms with Crippen molar-refractivity contribution in [2.24, 2.45) is 5.92 Å². The third-order valence-corrected chi connectivity index (χ3v) is 4.99. The van der Waals surface area contributed by atoms with Gasteiger partial charge in [0.15, 0.2) is 0 Å². The van der Waals surface area contributed by atoms with Gasteiger partial charge in [0, 0.05) is 0 Å². The zero-order valence-corrected chi connectivity index (χ0v) is 14.2. The van der Waals surface area contributed by atoms with Crippen LogP contribution in [0.2, 0.25) is 0 Å². The largest absolute Gasteiger partial charge is 0.497 e. The van der Waals surface area contributed by atoms with Gasteiger partial charge in [0.05, 0.1) is 7.11 Å². The summed E-state index contributed by atoms with van der Waals surface area (Å²) in [6.45, 7) is 2.31. The van der Waals surface area contributed by atoms with E-state index in [2.05, 4.69) is 61.5 Å². The van der Waals surface area contributed by atoms with Gasteiger partial charge in [-0.15, -0.1) is 0 Å². The van der Waals surface area contributed by atoms with Gasteiger partial charge in [0.2, 0.25) is 0 Å². The average molecular weight is 306 g/mol. The van der Waals surface area contributed by atoms with Crippen LogP contribution in [0, 0.1) is 5.92 Å². The predicted molar refractivity (Wildman–Crippen MR) is 97.7 cm³/mol. The van der Waals surface area contributed by atoms with Crippen LogP contribution in [0.5, 0.6) is 5.75 Å². The normalized spacial score (nSPS) is 16.3. The van der Waals surface area contributed by atoms with Crippen LogP contribution in [0.4, 0.5) is 0 Å². The van der Waals surface area contributed by atoms with E-state index in [1.807, 2.05) is 0 Å². The molecule has 0 aromatic heterocycles. The summed E-state index contributed by atoms with van der Waals surface area (Å²) < 4.78 is 5.33. The highest BCUT2D eigenvalue weighted by atomic mass is 16.5. The second-order valence-corrected chi connectivity index (χ2v) is 6.33. The Morgan fingerprint density at radius 3 is 2.09 bits per heavy atom. The maximum atomic E-state index is 5.33.